The zero-order valence-corrected chi connectivity index (χ0v) is 9.52. The molecule has 5 heteroatoms. The van der Waals surface area contributed by atoms with Gasteiger partial charge in [-0.25, -0.2) is 4.52 Å². The van der Waals surface area contributed by atoms with Gasteiger partial charge in [-0.2, -0.15) is 10.1 Å². The van der Waals surface area contributed by atoms with Crippen molar-refractivity contribution in [1.29, 1.82) is 0 Å². The Morgan fingerprint density at radius 3 is 2.72 bits per heavy atom. The summed E-state index contributed by atoms with van der Waals surface area (Å²) in [4.78, 5) is 4.30. The van der Waals surface area contributed by atoms with Crippen LogP contribution in [0.15, 0.2) is 48.8 Å². The summed E-state index contributed by atoms with van der Waals surface area (Å²) in [6.07, 6.45) is 3.47. The highest BCUT2D eigenvalue weighted by molar-refractivity contribution is 5.39. The monoisotopic (exact) mass is 241 g/mol. The van der Waals surface area contributed by atoms with Gasteiger partial charge in [-0.05, 0) is 17.7 Å². The highest BCUT2D eigenvalue weighted by Gasteiger charge is 2.01. The van der Waals surface area contributed by atoms with E-state index in [1.165, 1.54) is 0 Å². The molecule has 0 saturated carbocycles. The van der Waals surface area contributed by atoms with E-state index in [0.29, 0.717) is 11.6 Å². The first-order valence-electron chi connectivity index (χ1n) is 5.53. The van der Waals surface area contributed by atoms with E-state index in [1.54, 1.807) is 35.1 Å². The third kappa shape index (κ3) is 2.03. The van der Waals surface area contributed by atoms with E-state index in [2.05, 4.69) is 10.1 Å². The number of benzene rings is 1. The lowest BCUT2D eigenvalue weighted by Gasteiger charge is -2.05. The second kappa shape index (κ2) is 4.46. The van der Waals surface area contributed by atoms with Crippen molar-refractivity contribution in [3.63, 3.8) is 0 Å². The molecule has 5 nitrogen and oxygen atoms in total. The van der Waals surface area contributed by atoms with Crippen molar-refractivity contribution < 1.29 is 9.84 Å². The Labute approximate surface area is 103 Å². The van der Waals surface area contributed by atoms with Gasteiger partial charge >= 0.3 is 0 Å². The van der Waals surface area contributed by atoms with E-state index in [4.69, 9.17) is 9.84 Å². The number of nitrogens with zero attached hydrogens (tertiary/aromatic N) is 3. The standard InChI is InChI=1S/C13H11N3O2/c17-9-10-1-3-11(4-2-10)18-13-6-8-16-12(15-13)5-7-14-16/h1-8,17H,9H2. The zero-order valence-electron chi connectivity index (χ0n) is 9.52. The van der Waals surface area contributed by atoms with Crippen molar-refractivity contribution in [2.45, 2.75) is 6.61 Å². The van der Waals surface area contributed by atoms with Crippen LogP contribution in [0.4, 0.5) is 0 Å². The largest absolute Gasteiger partial charge is 0.439 e. The summed E-state index contributed by atoms with van der Waals surface area (Å²) in [5.41, 5.74) is 1.58. The second-order valence-corrected chi connectivity index (χ2v) is 3.80. The van der Waals surface area contributed by atoms with Gasteiger partial charge in [0, 0.05) is 18.3 Å². The molecule has 3 aromatic rings. The molecule has 0 aliphatic carbocycles. The number of fused-ring (bicyclic) bond motifs is 1. The van der Waals surface area contributed by atoms with E-state index in [1.807, 2.05) is 18.2 Å². The van der Waals surface area contributed by atoms with Crippen LogP contribution in [-0.4, -0.2) is 19.7 Å². The molecule has 18 heavy (non-hydrogen) atoms. The van der Waals surface area contributed by atoms with Gasteiger partial charge in [0.15, 0.2) is 5.65 Å². The van der Waals surface area contributed by atoms with Crippen LogP contribution >= 0.6 is 0 Å². The van der Waals surface area contributed by atoms with Crippen LogP contribution in [0, 0.1) is 0 Å². The van der Waals surface area contributed by atoms with Crippen LogP contribution in [0.3, 0.4) is 0 Å². The molecular weight excluding hydrogens is 230 g/mol. The van der Waals surface area contributed by atoms with Gasteiger partial charge in [0.05, 0.1) is 12.8 Å². The maximum atomic E-state index is 8.95. The van der Waals surface area contributed by atoms with E-state index in [0.717, 1.165) is 11.2 Å². The van der Waals surface area contributed by atoms with Gasteiger partial charge in [0.25, 0.3) is 0 Å². The van der Waals surface area contributed by atoms with Gasteiger partial charge in [-0.1, -0.05) is 12.1 Å². The summed E-state index contributed by atoms with van der Waals surface area (Å²) in [6.45, 7) is 0.0281. The summed E-state index contributed by atoms with van der Waals surface area (Å²) in [7, 11) is 0. The third-order valence-corrected chi connectivity index (χ3v) is 2.56. The average molecular weight is 241 g/mol. The average Bonchev–Trinajstić information content (AvgIpc) is 2.87. The maximum Gasteiger partial charge on any atom is 0.222 e. The first-order chi connectivity index (χ1) is 8.85. The topological polar surface area (TPSA) is 59.7 Å². The van der Waals surface area contributed by atoms with Crippen molar-refractivity contribution in [3.8, 4) is 11.6 Å². The summed E-state index contributed by atoms with van der Waals surface area (Å²) < 4.78 is 7.29. The number of aromatic nitrogens is 3. The first-order valence-corrected chi connectivity index (χ1v) is 5.53. The van der Waals surface area contributed by atoms with E-state index >= 15 is 0 Å². The van der Waals surface area contributed by atoms with E-state index in [9.17, 15) is 0 Å². The Morgan fingerprint density at radius 2 is 1.94 bits per heavy atom. The summed E-state index contributed by atoms with van der Waals surface area (Å²) in [5.74, 6) is 1.20. The number of aliphatic hydroxyl groups is 1. The molecule has 0 atom stereocenters. The second-order valence-electron chi connectivity index (χ2n) is 3.80. The molecule has 1 aromatic carbocycles. The predicted octanol–water partition coefficient (Wildman–Crippen LogP) is 2.01. The SMILES string of the molecule is OCc1ccc(Oc2ccn3nccc3n2)cc1. The molecule has 0 unspecified atom stereocenters. The molecule has 0 radical (unpaired) electrons. The number of hydrogen-bond donors (Lipinski definition) is 1. The van der Waals surface area contributed by atoms with Crippen LogP contribution < -0.4 is 4.74 Å². The Kier molecular flexibility index (Phi) is 2.66. The highest BCUT2D eigenvalue weighted by atomic mass is 16.5. The normalized spacial score (nSPS) is 10.7. The van der Waals surface area contributed by atoms with E-state index in [-0.39, 0.29) is 6.61 Å². The van der Waals surface area contributed by atoms with Crippen LogP contribution in [0.5, 0.6) is 11.6 Å². The van der Waals surface area contributed by atoms with Crippen molar-refractivity contribution >= 4 is 5.65 Å². The molecule has 0 spiro atoms. The minimum atomic E-state index is 0.0281. The summed E-state index contributed by atoms with van der Waals surface area (Å²) in [5, 5.41) is 13.0. The molecule has 0 aliphatic rings. The molecule has 0 bridgehead atoms. The fourth-order valence-electron chi connectivity index (χ4n) is 1.64. The van der Waals surface area contributed by atoms with Crippen molar-refractivity contribution in [2.24, 2.45) is 0 Å². The molecule has 2 heterocycles. The molecule has 0 saturated heterocycles. The lowest BCUT2D eigenvalue weighted by Crippen LogP contribution is -1.93. The van der Waals surface area contributed by atoms with Gasteiger partial charge in [0.1, 0.15) is 5.75 Å². The van der Waals surface area contributed by atoms with Gasteiger partial charge in [0.2, 0.25) is 5.88 Å². The van der Waals surface area contributed by atoms with Crippen LogP contribution in [0.1, 0.15) is 5.56 Å². The smallest absolute Gasteiger partial charge is 0.222 e. The number of ether oxygens (including phenoxy) is 1. The van der Waals surface area contributed by atoms with Crippen LogP contribution in [0.2, 0.25) is 0 Å². The first kappa shape index (κ1) is 10.7. The quantitative estimate of drug-likeness (QED) is 0.762. The van der Waals surface area contributed by atoms with Crippen molar-refractivity contribution in [3.05, 3.63) is 54.4 Å². The van der Waals surface area contributed by atoms with Gasteiger partial charge in [-0.15, -0.1) is 0 Å². The highest BCUT2D eigenvalue weighted by Crippen LogP contribution is 2.20. The molecule has 2 aromatic heterocycles. The van der Waals surface area contributed by atoms with Crippen LogP contribution in [-0.2, 0) is 6.61 Å². The minimum Gasteiger partial charge on any atom is -0.439 e. The van der Waals surface area contributed by atoms with Gasteiger partial charge in [-0.3, -0.25) is 0 Å². The fourth-order valence-corrected chi connectivity index (χ4v) is 1.64. The molecule has 0 fully saturated rings. The fraction of sp³-hybridized carbons (Fsp3) is 0.0769. The Bertz CT molecular complexity index is 661. The molecule has 90 valence electrons. The number of rotatable bonds is 3. The lowest BCUT2D eigenvalue weighted by molar-refractivity contribution is 0.281. The van der Waals surface area contributed by atoms with Crippen molar-refractivity contribution in [1.82, 2.24) is 14.6 Å². The third-order valence-electron chi connectivity index (χ3n) is 2.56. The summed E-state index contributed by atoms with van der Waals surface area (Å²) in [6, 6.07) is 10.8. The lowest BCUT2D eigenvalue weighted by atomic mass is 10.2. The molecule has 0 amide bonds. The molecule has 0 aliphatic heterocycles. The zero-order chi connectivity index (χ0) is 12.4. The molecule has 1 N–H and O–H groups in total. The molecule has 3 rings (SSSR count). The minimum absolute atomic E-state index is 0.0281. The molecular formula is C13H11N3O2. The van der Waals surface area contributed by atoms with E-state index < -0.39 is 0 Å². The van der Waals surface area contributed by atoms with Gasteiger partial charge < -0.3 is 9.84 Å². The predicted molar refractivity (Wildman–Crippen MR) is 65.4 cm³/mol. The van der Waals surface area contributed by atoms with Crippen LogP contribution in [0.25, 0.3) is 5.65 Å². The Morgan fingerprint density at radius 1 is 1.11 bits per heavy atom. The Balaban J connectivity index is 1.85. The number of aliphatic hydroxyl groups excluding tert-OH is 1. The van der Waals surface area contributed by atoms with Crippen molar-refractivity contribution in [2.75, 3.05) is 0 Å². The summed E-state index contributed by atoms with van der Waals surface area (Å²) >= 11 is 0. The maximum absolute atomic E-state index is 8.95. The number of hydrogen-bond acceptors (Lipinski definition) is 4. The Hall–Kier alpha value is -2.40.